The zero-order chi connectivity index (χ0) is 7.56. The fourth-order valence-corrected chi connectivity index (χ4v) is 0.718. The van der Waals surface area contributed by atoms with Gasteiger partial charge in [0.05, 0.1) is 0 Å². The number of hydrogen-bond donors (Lipinski definition) is 1. The van der Waals surface area contributed by atoms with Crippen LogP contribution in [0.4, 0.5) is 5.69 Å². The lowest BCUT2D eigenvalue weighted by Crippen LogP contribution is -1.69. The Bertz CT molecular complexity index is 288. The Labute approximate surface area is 58.6 Å². The molecule has 0 amide bonds. The van der Waals surface area contributed by atoms with Crippen molar-refractivity contribution in [2.75, 3.05) is 0 Å². The Balaban J connectivity index is 3.23. The van der Waals surface area contributed by atoms with E-state index in [1.165, 1.54) is 6.07 Å². The van der Waals surface area contributed by atoms with Crippen LogP contribution in [-0.2, 0) is 0 Å². The van der Waals surface area contributed by atoms with E-state index in [1.54, 1.807) is 12.1 Å². The first kappa shape index (κ1) is 6.56. The molecule has 50 valence electrons. The van der Waals surface area contributed by atoms with Gasteiger partial charge in [-0.15, -0.1) is 0 Å². The highest BCUT2D eigenvalue weighted by molar-refractivity contribution is 5.56. The average Bonchev–Trinajstić information content (AvgIpc) is 1.88. The van der Waals surface area contributed by atoms with Gasteiger partial charge in [0, 0.05) is 6.07 Å². The minimum absolute atomic E-state index is 0.00231. The number of phenols is 1. The van der Waals surface area contributed by atoms with Crippen LogP contribution in [0.1, 0.15) is 5.56 Å². The molecule has 0 saturated heterocycles. The molecule has 1 N–H and O–H groups in total. The first-order chi connectivity index (χ1) is 4.74. The van der Waals surface area contributed by atoms with Crippen LogP contribution in [0.5, 0.6) is 5.75 Å². The van der Waals surface area contributed by atoms with E-state index in [-0.39, 0.29) is 11.4 Å². The molecule has 3 heteroatoms. The molecule has 0 heterocycles. The summed E-state index contributed by atoms with van der Waals surface area (Å²) in [6.07, 6.45) is 0. The number of phenolic OH excluding ortho intramolecular Hbond substituents is 1. The second-order valence-corrected chi connectivity index (χ2v) is 2.09. The number of hydrogen-bond acceptors (Lipinski definition) is 2. The molecule has 1 aromatic carbocycles. The molecule has 3 nitrogen and oxygen atoms in total. The molecule has 0 fully saturated rings. The molecular formula is C7H7N2O+. The number of rotatable bonds is 0. The van der Waals surface area contributed by atoms with Crippen molar-refractivity contribution in [3.8, 4) is 5.75 Å². The van der Waals surface area contributed by atoms with E-state index in [4.69, 9.17) is 10.5 Å². The average molecular weight is 135 g/mol. The Hall–Kier alpha value is -1.56. The molecule has 0 atom stereocenters. The molecule has 0 bridgehead atoms. The van der Waals surface area contributed by atoms with Crippen molar-refractivity contribution in [2.45, 2.75) is 6.92 Å². The van der Waals surface area contributed by atoms with Gasteiger partial charge in [0.2, 0.25) is 11.1 Å². The third-order valence-corrected chi connectivity index (χ3v) is 1.24. The number of aryl methyl sites for hydroxylation is 1. The molecular weight excluding hydrogens is 128 g/mol. The van der Waals surface area contributed by atoms with Gasteiger partial charge in [-0.1, -0.05) is 6.07 Å². The first-order valence-corrected chi connectivity index (χ1v) is 2.89. The van der Waals surface area contributed by atoms with Crippen LogP contribution in [0.15, 0.2) is 18.2 Å². The summed E-state index contributed by atoms with van der Waals surface area (Å²) in [5.74, 6) is 0.00231. The molecule has 0 radical (unpaired) electrons. The van der Waals surface area contributed by atoms with Gasteiger partial charge < -0.3 is 5.11 Å². The molecule has 0 aromatic heterocycles. The molecule has 1 rings (SSSR count). The minimum Gasteiger partial charge on any atom is -0.501 e. The predicted molar refractivity (Wildman–Crippen MR) is 37.6 cm³/mol. The zero-order valence-electron chi connectivity index (χ0n) is 5.57. The standard InChI is InChI=1S/C7H6N2O/c1-5-2-3-6(9-8)7(10)4-5/h2-4H,1H3/p+1. The highest BCUT2D eigenvalue weighted by Gasteiger charge is 2.10. The van der Waals surface area contributed by atoms with Gasteiger partial charge >= 0.3 is 5.69 Å². The van der Waals surface area contributed by atoms with Crippen LogP contribution in [0, 0.1) is 12.3 Å². The van der Waals surface area contributed by atoms with Crippen LogP contribution in [0.2, 0.25) is 0 Å². The van der Waals surface area contributed by atoms with Gasteiger partial charge in [0.15, 0.2) is 4.98 Å². The maximum absolute atomic E-state index is 9.04. The van der Waals surface area contributed by atoms with E-state index in [0.717, 1.165) is 5.56 Å². The van der Waals surface area contributed by atoms with Crippen molar-refractivity contribution in [1.29, 1.82) is 5.39 Å². The lowest BCUT2D eigenvalue weighted by Gasteiger charge is -1.87. The van der Waals surface area contributed by atoms with Crippen LogP contribution >= 0.6 is 0 Å². The summed E-state index contributed by atoms with van der Waals surface area (Å²) >= 11 is 0. The van der Waals surface area contributed by atoms with Crippen molar-refractivity contribution in [2.24, 2.45) is 0 Å². The number of nitrogens with zero attached hydrogens (tertiary/aromatic N) is 2. The van der Waals surface area contributed by atoms with Gasteiger partial charge in [-0.2, -0.15) is 0 Å². The van der Waals surface area contributed by atoms with E-state index in [0.29, 0.717) is 0 Å². The Morgan fingerprint density at radius 2 is 2.20 bits per heavy atom. The molecule has 1 aromatic rings. The second kappa shape index (κ2) is 2.36. The Morgan fingerprint density at radius 1 is 1.50 bits per heavy atom. The number of aromatic hydroxyl groups is 1. The Morgan fingerprint density at radius 3 is 2.70 bits per heavy atom. The van der Waals surface area contributed by atoms with Crippen molar-refractivity contribution in [1.82, 2.24) is 0 Å². The topological polar surface area (TPSA) is 48.4 Å². The zero-order valence-corrected chi connectivity index (χ0v) is 5.57. The lowest BCUT2D eigenvalue weighted by atomic mass is 10.2. The molecule has 0 unspecified atom stereocenters. The van der Waals surface area contributed by atoms with Crippen molar-refractivity contribution in [3.05, 3.63) is 28.7 Å². The number of diazo groups is 1. The normalized spacial score (nSPS) is 8.80. The van der Waals surface area contributed by atoms with E-state index < -0.39 is 0 Å². The molecule has 0 aliphatic rings. The van der Waals surface area contributed by atoms with Crippen LogP contribution in [0.25, 0.3) is 4.98 Å². The predicted octanol–water partition coefficient (Wildman–Crippen LogP) is 2.19. The van der Waals surface area contributed by atoms with Gasteiger partial charge in [-0.25, -0.2) is 0 Å². The summed E-state index contributed by atoms with van der Waals surface area (Å²) in [7, 11) is 0. The third kappa shape index (κ3) is 1.06. The maximum Gasteiger partial charge on any atom is 0.426 e. The minimum atomic E-state index is 0.00231. The molecule has 0 saturated carbocycles. The summed E-state index contributed by atoms with van der Waals surface area (Å²) in [5, 5.41) is 17.3. The summed E-state index contributed by atoms with van der Waals surface area (Å²) < 4.78 is 0. The van der Waals surface area contributed by atoms with Gasteiger partial charge in [-0.05, 0) is 18.6 Å². The van der Waals surface area contributed by atoms with E-state index in [2.05, 4.69) is 4.98 Å². The second-order valence-electron chi connectivity index (χ2n) is 2.09. The van der Waals surface area contributed by atoms with E-state index in [9.17, 15) is 0 Å². The smallest absolute Gasteiger partial charge is 0.426 e. The van der Waals surface area contributed by atoms with Gasteiger partial charge in [0.25, 0.3) is 0 Å². The highest BCUT2D eigenvalue weighted by atomic mass is 16.3. The fourth-order valence-electron chi connectivity index (χ4n) is 0.718. The highest BCUT2D eigenvalue weighted by Crippen LogP contribution is 2.26. The van der Waals surface area contributed by atoms with Crippen LogP contribution < -0.4 is 0 Å². The van der Waals surface area contributed by atoms with E-state index >= 15 is 0 Å². The van der Waals surface area contributed by atoms with Crippen molar-refractivity contribution < 1.29 is 5.11 Å². The molecule has 0 aliphatic carbocycles. The van der Waals surface area contributed by atoms with Gasteiger partial charge in [0.1, 0.15) is 0 Å². The summed E-state index contributed by atoms with van der Waals surface area (Å²) in [6, 6.07) is 4.84. The van der Waals surface area contributed by atoms with Crippen molar-refractivity contribution >= 4 is 5.69 Å². The van der Waals surface area contributed by atoms with Crippen LogP contribution in [0.3, 0.4) is 0 Å². The molecule has 0 aliphatic heterocycles. The summed E-state index contributed by atoms with van der Waals surface area (Å²) in [4.78, 5) is 2.86. The maximum atomic E-state index is 9.04. The fraction of sp³-hybridized carbons (Fsp3) is 0.143. The lowest BCUT2D eigenvalue weighted by molar-refractivity contribution is 0.478. The summed E-state index contributed by atoms with van der Waals surface area (Å²) in [6.45, 7) is 1.85. The SMILES string of the molecule is Cc1ccc([N+]#N)c(O)c1. The van der Waals surface area contributed by atoms with Crippen LogP contribution in [-0.4, -0.2) is 5.11 Å². The molecule has 0 spiro atoms. The number of benzene rings is 1. The largest absolute Gasteiger partial charge is 0.501 e. The first-order valence-electron chi connectivity index (χ1n) is 2.89. The molecule has 10 heavy (non-hydrogen) atoms. The quantitative estimate of drug-likeness (QED) is 0.554. The third-order valence-electron chi connectivity index (χ3n) is 1.24. The Kier molecular flexibility index (Phi) is 1.55. The van der Waals surface area contributed by atoms with E-state index in [1.807, 2.05) is 6.92 Å². The van der Waals surface area contributed by atoms with Crippen molar-refractivity contribution in [3.63, 3.8) is 0 Å². The van der Waals surface area contributed by atoms with Gasteiger partial charge in [-0.3, -0.25) is 0 Å². The monoisotopic (exact) mass is 135 g/mol. The summed E-state index contributed by atoms with van der Waals surface area (Å²) in [5.41, 5.74) is 1.13.